The summed E-state index contributed by atoms with van der Waals surface area (Å²) >= 11 is 0. The Labute approximate surface area is 97.0 Å². The first kappa shape index (κ1) is 12.7. The predicted octanol–water partition coefficient (Wildman–Crippen LogP) is 1.99. The lowest BCUT2D eigenvalue weighted by Gasteiger charge is -2.18. The van der Waals surface area contributed by atoms with Crippen molar-refractivity contribution in [1.29, 1.82) is 0 Å². The van der Waals surface area contributed by atoms with Gasteiger partial charge >= 0.3 is 0 Å². The molecule has 1 aromatic carbocycles. The number of amides is 1. The number of nitrogens with one attached hydrogen (secondary N) is 1. The minimum absolute atomic E-state index is 0.0973. The van der Waals surface area contributed by atoms with Crippen molar-refractivity contribution >= 4 is 5.91 Å². The summed E-state index contributed by atoms with van der Waals surface area (Å²) in [6, 6.07) is 9.09. The van der Waals surface area contributed by atoms with Crippen LogP contribution in [0.5, 0.6) is 0 Å². The summed E-state index contributed by atoms with van der Waals surface area (Å²) in [5.74, 6) is -0.0973. The fourth-order valence-corrected chi connectivity index (χ4v) is 1.60. The molecule has 0 unspecified atom stereocenters. The zero-order valence-corrected chi connectivity index (χ0v) is 9.94. The maximum atomic E-state index is 11.8. The van der Waals surface area contributed by atoms with E-state index in [-0.39, 0.29) is 11.9 Å². The Balaban J connectivity index is 2.61. The van der Waals surface area contributed by atoms with Crippen LogP contribution >= 0.6 is 0 Å². The van der Waals surface area contributed by atoms with Gasteiger partial charge in [0.05, 0.1) is 0 Å². The molecule has 0 bridgehead atoms. The number of benzene rings is 1. The van der Waals surface area contributed by atoms with Crippen LogP contribution in [-0.2, 0) is 4.79 Å². The minimum Gasteiger partial charge on any atom is -0.352 e. The van der Waals surface area contributed by atoms with Gasteiger partial charge in [-0.3, -0.25) is 4.79 Å². The van der Waals surface area contributed by atoms with Gasteiger partial charge in [-0.05, 0) is 18.4 Å². The van der Waals surface area contributed by atoms with E-state index in [1.807, 2.05) is 30.3 Å². The number of hydrogen-bond acceptors (Lipinski definition) is 2. The minimum atomic E-state index is -0.568. The number of nitrogens with two attached hydrogens (primary N) is 1. The Morgan fingerprint density at radius 1 is 1.25 bits per heavy atom. The van der Waals surface area contributed by atoms with Gasteiger partial charge in [-0.1, -0.05) is 44.2 Å². The molecule has 88 valence electrons. The van der Waals surface area contributed by atoms with Gasteiger partial charge in [0, 0.05) is 6.04 Å². The van der Waals surface area contributed by atoms with E-state index in [2.05, 4.69) is 19.2 Å². The van der Waals surface area contributed by atoms with Crippen molar-refractivity contribution in [2.45, 2.75) is 38.8 Å². The van der Waals surface area contributed by atoms with Gasteiger partial charge in [0.1, 0.15) is 6.04 Å². The summed E-state index contributed by atoms with van der Waals surface area (Å²) in [5, 5.41) is 2.95. The highest BCUT2D eigenvalue weighted by molar-refractivity contribution is 5.83. The van der Waals surface area contributed by atoms with Gasteiger partial charge in [0.25, 0.3) is 0 Å². The maximum Gasteiger partial charge on any atom is 0.241 e. The molecule has 1 aromatic rings. The van der Waals surface area contributed by atoms with Crippen LogP contribution in [0.4, 0.5) is 0 Å². The monoisotopic (exact) mass is 220 g/mol. The lowest BCUT2D eigenvalue weighted by atomic mass is 10.1. The second-order valence-electron chi connectivity index (χ2n) is 3.91. The van der Waals surface area contributed by atoms with E-state index in [1.165, 1.54) is 0 Å². The third kappa shape index (κ3) is 3.35. The molecule has 0 fully saturated rings. The molecule has 0 saturated carbocycles. The van der Waals surface area contributed by atoms with Gasteiger partial charge in [-0.2, -0.15) is 0 Å². The average Bonchev–Trinajstić information content (AvgIpc) is 2.35. The van der Waals surface area contributed by atoms with Crippen molar-refractivity contribution in [3.63, 3.8) is 0 Å². The van der Waals surface area contributed by atoms with E-state index >= 15 is 0 Å². The molecule has 0 saturated heterocycles. The SMILES string of the molecule is CCC(CC)NC(=O)[C@@H](N)c1ccccc1. The average molecular weight is 220 g/mol. The molecule has 16 heavy (non-hydrogen) atoms. The summed E-state index contributed by atoms with van der Waals surface area (Å²) in [6.07, 6.45) is 1.87. The van der Waals surface area contributed by atoms with Gasteiger partial charge in [-0.15, -0.1) is 0 Å². The largest absolute Gasteiger partial charge is 0.352 e. The van der Waals surface area contributed by atoms with E-state index in [0.717, 1.165) is 18.4 Å². The van der Waals surface area contributed by atoms with Crippen molar-refractivity contribution in [2.24, 2.45) is 5.73 Å². The van der Waals surface area contributed by atoms with Crippen molar-refractivity contribution in [2.75, 3.05) is 0 Å². The van der Waals surface area contributed by atoms with E-state index < -0.39 is 6.04 Å². The van der Waals surface area contributed by atoms with Crippen molar-refractivity contribution < 1.29 is 4.79 Å². The quantitative estimate of drug-likeness (QED) is 0.797. The molecule has 3 nitrogen and oxygen atoms in total. The molecular formula is C13H20N2O. The first-order chi connectivity index (χ1) is 7.69. The number of rotatable bonds is 5. The first-order valence-corrected chi connectivity index (χ1v) is 5.79. The van der Waals surface area contributed by atoms with Crippen LogP contribution in [-0.4, -0.2) is 11.9 Å². The Kier molecular flexibility index (Phi) is 4.99. The van der Waals surface area contributed by atoms with Crippen molar-refractivity contribution in [3.05, 3.63) is 35.9 Å². The van der Waals surface area contributed by atoms with Crippen LogP contribution in [0.3, 0.4) is 0 Å². The molecule has 0 heterocycles. The van der Waals surface area contributed by atoms with Crippen LogP contribution in [0.1, 0.15) is 38.3 Å². The van der Waals surface area contributed by atoms with Crippen molar-refractivity contribution in [3.8, 4) is 0 Å². The molecular weight excluding hydrogens is 200 g/mol. The normalized spacial score (nSPS) is 12.5. The smallest absolute Gasteiger partial charge is 0.241 e. The molecule has 3 N–H and O–H groups in total. The number of carbonyl (C=O) groups is 1. The standard InChI is InChI=1S/C13H20N2O/c1-3-11(4-2)15-13(16)12(14)10-8-6-5-7-9-10/h5-9,11-12H,3-4,14H2,1-2H3,(H,15,16)/t12-/m0/s1. The Morgan fingerprint density at radius 3 is 2.31 bits per heavy atom. The third-order valence-corrected chi connectivity index (χ3v) is 2.77. The Bertz CT molecular complexity index is 320. The zero-order chi connectivity index (χ0) is 12.0. The molecule has 0 spiro atoms. The van der Waals surface area contributed by atoms with E-state index in [0.29, 0.717) is 0 Å². The third-order valence-electron chi connectivity index (χ3n) is 2.77. The van der Waals surface area contributed by atoms with E-state index in [1.54, 1.807) is 0 Å². The van der Waals surface area contributed by atoms with Crippen LogP contribution in [0.25, 0.3) is 0 Å². The first-order valence-electron chi connectivity index (χ1n) is 5.79. The highest BCUT2D eigenvalue weighted by Crippen LogP contribution is 2.10. The molecule has 3 heteroatoms. The van der Waals surface area contributed by atoms with Crippen LogP contribution in [0.2, 0.25) is 0 Å². The van der Waals surface area contributed by atoms with E-state index in [9.17, 15) is 4.79 Å². The second kappa shape index (κ2) is 6.28. The molecule has 0 radical (unpaired) electrons. The number of carbonyl (C=O) groups excluding carboxylic acids is 1. The molecule has 1 amide bonds. The molecule has 1 rings (SSSR count). The summed E-state index contributed by atoms with van der Waals surface area (Å²) in [4.78, 5) is 11.8. The van der Waals surface area contributed by atoms with Gasteiger partial charge in [0.2, 0.25) is 5.91 Å². The fraction of sp³-hybridized carbons (Fsp3) is 0.462. The highest BCUT2D eigenvalue weighted by Gasteiger charge is 2.17. The second-order valence-corrected chi connectivity index (χ2v) is 3.91. The Hall–Kier alpha value is -1.35. The lowest BCUT2D eigenvalue weighted by molar-refractivity contribution is -0.123. The molecule has 0 aromatic heterocycles. The van der Waals surface area contributed by atoms with Crippen LogP contribution in [0.15, 0.2) is 30.3 Å². The van der Waals surface area contributed by atoms with Crippen LogP contribution in [0, 0.1) is 0 Å². The molecule has 1 atom stereocenters. The van der Waals surface area contributed by atoms with E-state index in [4.69, 9.17) is 5.73 Å². The lowest BCUT2D eigenvalue weighted by Crippen LogP contribution is -2.40. The van der Waals surface area contributed by atoms with Crippen molar-refractivity contribution in [1.82, 2.24) is 5.32 Å². The predicted molar refractivity (Wildman–Crippen MR) is 65.9 cm³/mol. The van der Waals surface area contributed by atoms with Gasteiger partial charge in [0.15, 0.2) is 0 Å². The molecule has 0 aliphatic carbocycles. The van der Waals surface area contributed by atoms with Crippen LogP contribution < -0.4 is 11.1 Å². The maximum absolute atomic E-state index is 11.8. The molecule has 0 aliphatic heterocycles. The summed E-state index contributed by atoms with van der Waals surface area (Å²) in [6.45, 7) is 4.12. The topological polar surface area (TPSA) is 55.1 Å². The number of hydrogen-bond donors (Lipinski definition) is 2. The van der Waals surface area contributed by atoms with Gasteiger partial charge < -0.3 is 11.1 Å². The fourth-order valence-electron chi connectivity index (χ4n) is 1.60. The zero-order valence-electron chi connectivity index (χ0n) is 9.94. The highest BCUT2D eigenvalue weighted by atomic mass is 16.2. The van der Waals surface area contributed by atoms with Gasteiger partial charge in [-0.25, -0.2) is 0 Å². The summed E-state index contributed by atoms with van der Waals surface area (Å²) < 4.78 is 0. The molecule has 0 aliphatic rings. The Morgan fingerprint density at radius 2 is 1.81 bits per heavy atom. The summed E-state index contributed by atoms with van der Waals surface area (Å²) in [7, 11) is 0. The summed E-state index contributed by atoms with van der Waals surface area (Å²) in [5.41, 5.74) is 6.74.